The average molecular weight is 359 g/mol. The van der Waals surface area contributed by atoms with Crippen LogP contribution in [-0.2, 0) is 19.4 Å². The summed E-state index contributed by atoms with van der Waals surface area (Å²) in [5.41, 5.74) is 1.78. The van der Waals surface area contributed by atoms with Crippen LogP contribution in [0.2, 0.25) is 0 Å². The number of halogens is 3. The van der Waals surface area contributed by atoms with Crippen molar-refractivity contribution in [1.29, 1.82) is 0 Å². The number of hydrogen-bond acceptors (Lipinski definition) is 3. The van der Waals surface area contributed by atoms with Crippen LogP contribution < -0.4 is 4.74 Å². The highest BCUT2D eigenvalue weighted by Gasteiger charge is 2.32. The van der Waals surface area contributed by atoms with Gasteiger partial charge in [-0.3, -0.25) is 4.98 Å². The minimum Gasteiger partial charge on any atom is -0.488 e. The summed E-state index contributed by atoms with van der Waals surface area (Å²) in [6.07, 6.45) is -3.31. The maximum Gasteiger partial charge on any atom is 0.433 e. The second-order valence-corrected chi connectivity index (χ2v) is 5.69. The standard InChI is InChI=1S/C20H16F3NO2/c21-20(22,23)19-9-7-16(11-24-19)17-8-6-15(12-25)10-18(17)26-13-14-4-2-1-3-5-14/h1-11,25H,12-13H2. The molecular weight excluding hydrogens is 343 g/mol. The fourth-order valence-electron chi connectivity index (χ4n) is 2.48. The number of benzene rings is 2. The average Bonchev–Trinajstić information content (AvgIpc) is 2.66. The van der Waals surface area contributed by atoms with E-state index in [1.807, 2.05) is 30.3 Å². The fourth-order valence-corrected chi connectivity index (χ4v) is 2.48. The molecule has 0 fully saturated rings. The van der Waals surface area contributed by atoms with Gasteiger partial charge in [0.1, 0.15) is 18.1 Å². The number of pyridine rings is 1. The van der Waals surface area contributed by atoms with Crippen molar-refractivity contribution >= 4 is 0 Å². The second-order valence-electron chi connectivity index (χ2n) is 5.69. The van der Waals surface area contributed by atoms with Gasteiger partial charge in [-0.15, -0.1) is 0 Å². The van der Waals surface area contributed by atoms with Crippen molar-refractivity contribution in [3.8, 4) is 16.9 Å². The van der Waals surface area contributed by atoms with E-state index >= 15 is 0 Å². The molecule has 134 valence electrons. The number of nitrogens with zero attached hydrogens (tertiary/aromatic N) is 1. The van der Waals surface area contributed by atoms with E-state index in [2.05, 4.69) is 4.98 Å². The van der Waals surface area contributed by atoms with Crippen LogP contribution in [0.3, 0.4) is 0 Å². The SMILES string of the molecule is OCc1ccc(-c2ccc(C(F)(F)F)nc2)c(OCc2ccccc2)c1. The molecule has 1 N–H and O–H groups in total. The molecule has 0 bridgehead atoms. The van der Waals surface area contributed by atoms with Gasteiger partial charge >= 0.3 is 6.18 Å². The molecule has 0 radical (unpaired) electrons. The summed E-state index contributed by atoms with van der Waals surface area (Å²) < 4.78 is 43.9. The van der Waals surface area contributed by atoms with Gasteiger partial charge in [-0.2, -0.15) is 13.2 Å². The Kier molecular flexibility index (Phi) is 5.23. The Morgan fingerprint density at radius 2 is 1.69 bits per heavy atom. The van der Waals surface area contributed by atoms with E-state index in [1.54, 1.807) is 18.2 Å². The quantitative estimate of drug-likeness (QED) is 0.709. The van der Waals surface area contributed by atoms with E-state index in [9.17, 15) is 18.3 Å². The summed E-state index contributed by atoms with van der Waals surface area (Å²) >= 11 is 0. The van der Waals surface area contributed by atoms with Gasteiger partial charge in [0.05, 0.1) is 6.61 Å². The van der Waals surface area contributed by atoms with Gasteiger partial charge in [-0.25, -0.2) is 0 Å². The van der Waals surface area contributed by atoms with Crippen LogP contribution in [0.4, 0.5) is 13.2 Å². The molecule has 0 unspecified atom stereocenters. The summed E-state index contributed by atoms with van der Waals surface area (Å²) in [4.78, 5) is 3.50. The van der Waals surface area contributed by atoms with Gasteiger partial charge in [0.2, 0.25) is 0 Å². The molecule has 0 spiro atoms. The maximum absolute atomic E-state index is 12.7. The van der Waals surface area contributed by atoms with Crippen LogP contribution in [0.5, 0.6) is 5.75 Å². The molecule has 1 heterocycles. The van der Waals surface area contributed by atoms with Crippen LogP contribution in [0.25, 0.3) is 11.1 Å². The molecule has 0 aliphatic carbocycles. The van der Waals surface area contributed by atoms with Crippen LogP contribution in [0.1, 0.15) is 16.8 Å². The van der Waals surface area contributed by atoms with E-state index in [0.717, 1.165) is 11.6 Å². The zero-order valence-corrected chi connectivity index (χ0v) is 13.7. The molecule has 2 aromatic carbocycles. The van der Waals surface area contributed by atoms with Crippen molar-refractivity contribution < 1.29 is 23.0 Å². The molecule has 0 atom stereocenters. The molecule has 0 aliphatic rings. The van der Waals surface area contributed by atoms with Gasteiger partial charge in [0.15, 0.2) is 0 Å². The molecule has 3 nitrogen and oxygen atoms in total. The minimum absolute atomic E-state index is 0.159. The van der Waals surface area contributed by atoms with Crippen molar-refractivity contribution in [2.45, 2.75) is 19.4 Å². The molecule has 3 rings (SSSR count). The smallest absolute Gasteiger partial charge is 0.433 e. The zero-order chi connectivity index (χ0) is 18.6. The van der Waals surface area contributed by atoms with Gasteiger partial charge < -0.3 is 9.84 Å². The monoisotopic (exact) mass is 359 g/mol. The summed E-state index contributed by atoms with van der Waals surface area (Å²) in [6, 6.07) is 16.9. The molecule has 6 heteroatoms. The number of aliphatic hydroxyl groups is 1. The summed E-state index contributed by atoms with van der Waals surface area (Å²) in [5, 5.41) is 9.34. The summed E-state index contributed by atoms with van der Waals surface area (Å²) in [5.74, 6) is 0.474. The number of alkyl halides is 3. The largest absolute Gasteiger partial charge is 0.488 e. The van der Waals surface area contributed by atoms with Crippen molar-refractivity contribution in [3.05, 3.63) is 83.7 Å². The highest BCUT2D eigenvalue weighted by Crippen LogP contribution is 2.33. The van der Waals surface area contributed by atoms with Gasteiger partial charge in [-0.05, 0) is 23.3 Å². The predicted molar refractivity (Wildman–Crippen MR) is 91.4 cm³/mol. The first-order valence-corrected chi connectivity index (χ1v) is 7.91. The third kappa shape index (κ3) is 4.21. The fraction of sp³-hybridized carbons (Fsp3) is 0.150. The van der Waals surface area contributed by atoms with Crippen molar-refractivity contribution in [2.24, 2.45) is 0 Å². The van der Waals surface area contributed by atoms with Gasteiger partial charge in [-0.1, -0.05) is 48.5 Å². The maximum atomic E-state index is 12.7. The highest BCUT2D eigenvalue weighted by molar-refractivity contribution is 5.70. The number of ether oxygens (including phenoxy) is 1. The van der Waals surface area contributed by atoms with E-state index in [1.165, 1.54) is 12.3 Å². The molecule has 0 amide bonds. The Bertz CT molecular complexity index is 862. The Balaban J connectivity index is 1.91. The topological polar surface area (TPSA) is 42.4 Å². The summed E-state index contributed by atoms with van der Waals surface area (Å²) in [7, 11) is 0. The molecule has 26 heavy (non-hydrogen) atoms. The van der Waals surface area contributed by atoms with E-state index in [0.29, 0.717) is 29.0 Å². The third-order valence-corrected chi connectivity index (χ3v) is 3.83. The van der Waals surface area contributed by atoms with Crippen molar-refractivity contribution in [1.82, 2.24) is 4.98 Å². The number of aliphatic hydroxyl groups excluding tert-OH is 1. The molecule has 0 saturated heterocycles. The van der Waals surface area contributed by atoms with Gasteiger partial charge in [0.25, 0.3) is 0 Å². The number of hydrogen-bond donors (Lipinski definition) is 1. The van der Waals surface area contributed by atoms with E-state index in [-0.39, 0.29) is 6.61 Å². The van der Waals surface area contributed by atoms with Crippen LogP contribution in [0, 0.1) is 0 Å². The van der Waals surface area contributed by atoms with Crippen molar-refractivity contribution in [3.63, 3.8) is 0 Å². The lowest BCUT2D eigenvalue weighted by Gasteiger charge is -2.14. The molecular formula is C20H16F3NO2. The normalized spacial score (nSPS) is 11.4. The lowest BCUT2D eigenvalue weighted by Crippen LogP contribution is -2.07. The second kappa shape index (κ2) is 7.58. The molecule has 1 aromatic heterocycles. The van der Waals surface area contributed by atoms with Gasteiger partial charge in [0, 0.05) is 17.3 Å². The predicted octanol–water partition coefficient (Wildman–Crippen LogP) is 4.84. The van der Waals surface area contributed by atoms with E-state index in [4.69, 9.17) is 4.74 Å². The lowest BCUT2D eigenvalue weighted by molar-refractivity contribution is -0.141. The highest BCUT2D eigenvalue weighted by atomic mass is 19.4. The first kappa shape index (κ1) is 17.9. The lowest BCUT2D eigenvalue weighted by atomic mass is 10.0. The molecule has 0 saturated carbocycles. The minimum atomic E-state index is -4.48. The Morgan fingerprint density at radius 3 is 2.31 bits per heavy atom. The Hall–Kier alpha value is -2.86. The van der Waals surface area contributed by atoms with Crippen molar-refractivity contribution in [2.75, 3.05) is 0 Å². The van der Waals surface area contributed by atoms with Crippen LogP contribution >= 0.6 is 0 Å². The van der Waals surface area contributed by atoms with E-state index < -0.39 is 11.9 Å². The number of aromatic nitrogens is 1. The first-order valence-electron chi connectivity index (χ1n) is 7.91. The Labute approximate surface area is 148 Å². The third-order valence-electron chi connectivity index (χ3n) is 3.83. The summed E-state index contributed by atoms with van der Waals surface area (Å²) in [6.45, 7) is 0.143. The first-order chi connectivity index (χ1) is 12.5. The Morgan fingerprint density at radius 1 is 0.923 bits per heavy atom. The van der Waals surface area contributed by atoms with Crippen LogP contribution in [0.15, 0.2) is 66.9 Å². The molecule has 0 aliphatic heterocycles. The molecule has 3 aromatic rings. The zero-order valence-electron chi connectivity index (χ0n) is 13.7. The van der Waals surface area contributed by atoms with Crippen LogP contribution in [-0.4, -0.2) is 10.1 Å². The number of rotatable bonds is 5.